The van der Waals surface area contributed by atoms with E-state index in [-0.39, 0.29) is 11.8 Å². The number of nitrogens with zero attached hydrogens (tertiary/aromatic N) is 3. The van der Waals surface area contributed by atoms with E-state index >= 15 is 0 Å². The average Bonchev–Trinajstić information content (AvgIpc) is 3.26. The zero-order valence-electron chi connectivity index (χ0n) is 15.2. The van der Waals surface area contributed by atoms with Gasteiger partial charge >= 0.3 is 0 Å². The number of hydrogen-bond donors (Lipinski definition) is 1. The van der Waals surface area contributed by atoms with Gasteiger partial charge < -0.3 is 15.0 Å². The molecule has 26 heavy (non-hydrogen) atoms. The van der Waals surface area contributed by atoms with Crippen LogP contribution in [0.25, 0.3) is 0 Å². The molecule has 2 aromatic rings. The van der Waals surface area contributed by atoms with Crippen molar-refractivity contribution in [2.75, 3.05) is 26.8 Å². The number of amides is 2. The molecule has 0 bridgehead atoms. The molecule has 3 heterocycles. The fourth-order valence-corrected chi connectivity index (χ4v) is 3.84. The second-order valence-corrected chi connectivity index (χ2v) is 7.15. The van der Waals surface area contributed by atoms with Crippen molar-refractivity contribution >= 4 is 23.2 Å². The van der Waals surface area contributed by atoms with Gasteiger partial charge in [-0.25, -0.2) is 0 Å². The van der Waals surface area contributed by atoms with Crippen LogP contribution in [0.3, 0.4) is 0 Å². The summed E-state index contributed by atoms with van der Waals surface area (Å²) >= 11 is 1.59. The highest BCUT2D eigenvalue weighted by Crippen LogP contribution is 2.23. The maximum Gasteiger partial charge on any atom is 0.272 e. The number of thiophene rings is 1. The smallest absolute Gasteiger partial charge is 0.272 e. The molecule has 0 spiro atoms. The number of hydrogen-bond acceptors (Lipinski definition) is 5. The average molecular weight is 376 g/mol. The minimum atomic E-state index is -0.190. The Hall–Kier alpha value is -2.19. The molecule has 0 atom stereocenters. The predicted octanol–water partition coefficient (Wildman–Crippen LogP) is 1.38. The Morgan fingerprint density at radius 2 is 2.27 bits per heavy atom. The molecule has 7 nitrogen and oxygen atoms in total. The SMILES string of the molecule is COCCCNC(=O)c1nn(C)c2c1CN(C(=O)Cc1ccsc1)CC2. The second kappa shape index (κ2) is 8.46. The quantitative estimate of drug-likeness (QED) is 0.741. The highest BCUT2D eigenvalue weighted by atomic mass is 32.1. The van der Waals surface area contributed by atoms with Crippen molar-refractivity contribution in [3.05, 3.63) is 39.3 Å². The number of methoxy groups -OCH3 is 1. The van der Waals surface area contributed by atoms with Gasteiger partial charge in [0.05, 0.1) is 6.42 Å². The standard InChI is InChI=1S/C18H24N4O3S/c1-21-15-4-7-22(16(23)10-13-5-9-26-12-13)11-14(15)17(20-21)18(24)19-6-3-8-25-2/h5,9,12H,3-4,6-8,10-11H2,1-2H3,(H,19,24). The zero-order chi connectivity index (χ0) is 18.5. The number of carbonyl (C=O) groups is 2. The van der Waals surface area contributed by atoms with Crippen molar-refractivity contribution in [2.45, 2.75) is 25.8 Å². The topological polar surface area (TPSA) is 76.5 Å². The van der Waals surface area contributed by atoms with Crippen molar-refractivity contribution in [1.29, 1.82) is 0 Å². The van der Waals surface area contributed by atoms with Crippen LogP contribution >= 0.6 is 11.3 Å². The first-order valence-corrected chi connectivity index (χ1v) is 9.65. The first-order chi connectivity index (χ1) is 12.6. The summed E-state index contributed by atoms with van der Waals surface area (Å²) in [5.41, 5.74) is 3.36. The van der Waals surface area contributed by atoms with Crippen molar-refractivity contribution in [2.24, 2.45) is 7.05 Å². The van der Waals surface area contributed by atoms with E-state index in [1.54, 1.807) is 23.1 Å². The van der Waals surface area contributed by atoms with Gasteiger partial charge in [0.2, 0.25) is 5.91 Å². The van der Waals surface area contributed by atoms with E-state index in [0.29, 0.717) is 44.8 Å². The van der Waals surface area contributed by atoms with Gasteiger partial charge in [0.25, 0.3) is 5.91 Å². The van der Waals surface area contributed by atoms with E-state index in [1.807, 2.05) is 28.8 Å². The lowest BCUT2D eigenvalue weighted by Crippen LogP contribution is -2.38. The Morgan fingerprint density at radius 3 is 3.00 bits per heavy atom. The van der Waals surface area contributed by atoms with Crippen LogP contribution in [-0.2, 0) is 36.0 Å². The second-order valence-electron chi connectivity index (χ2n) is 6.37. The fourth-order valence-electron chi connectivity index (χ4n) is 3.17. The zero-order valence-corrected chi connectivity index (χ0v) is 16.0. The molecular weight excluding hydrogens is 352 g/mol. The van der Waals surface area contributed by atoms with Gasteiger partial charge in [0.1, 0.15) is 0 Å². The van der Waals surface area contributed by atoms with Gasteiger partial charge in [-0.1, -0.05) is 0 Å². The van der Waals surface area contributed by atoms with E-state index in [9.17, 15) is 9.59 Å². The number of ether oxygens (including phenoxy) is 1. The molecule has 0 fully saturated rings. The number of fused-ring (bicyclic) bond motifs is 1. The lowest BCUT2D eigenvalue weighted by molar-refractivity contribution is -0.131. The minimum Gasteiger partial charge on any atom is -0.385 e. The minimum absolute atomic E-state index is 0.0874. The Labute approximate surface area is 156 Å². The third kappa shape index (κ3) is 4.13. The normalized spacial score (nSPS) is 13.5. The van der Waals surface area contributed by atoms with Crippen LogP contribution in [0.5, 0.6) is 0 Å². The molecule has 0 aliphatic carbocycles. The first-order valence-electron chi connectivity index (χ1n) is 8.71. The number of aryl methyl sites for hydroxylation is 1. The largest absolute Gasteiger partial charge is 0.385 e. The third-order valence-corrected chi connectivity index (χ3v) is 5.29. The molecule has 2 amide bonds. The van der Waals surface area contributed by atoms with E-state index < -0.39 is 0 Å². The highest BCUT2D eigenvalue weighted by molar-refractivity contribution is 7.08. The lowest BCUT2D eigenvalue weighted by atomic mass is 10.0. The maximum atomic E-state index is 12.6. The summed E-state index contributed by atoms with van der Waals surface area (Å²) in [6, 6.07) is 1.97. The van der Waals surface area contributed by atoms with Crippen LogP contribution in [0, 0.1) is 0 Å². The maximum absolute atomic E-state index is 12.6. The number of carbonyl (C=O) groups excluding carboxylic acids is 2. The van der Waals surface area contributed by atoms with Gasteiger partial charge in [0.15, 0.2) is 5.69 Å². The monoisotopic (exact) mass is 376 g/mol. The molecule has 0 saturated carbocycles. The lowest BCUT2D eigenvalue weighted by Gasteiger charge is -2.27. The highest BCUT2D eigenvalue weighted by Gasteiger charge is 2.29. The number of rotatable bonds is 7. The predicted molar refractivity (Wildman–Crippen MR) is 99.2 cm³/mol. The van der Waals surface area contributed by atoms with E-state index in [4.69, 9.17) is 4.74 Å². The van der Waals surface area contributed by atoms with Crippen LogP contribution in [0.2, 0.25) is 0 Å². The summed E-state index contributed by atoms with van der Waals surface area (Å²) in [6.07, 6.45) is 1.87. The Balaban J connectivity index is 1.68. The van der Waals surface area contributed by atoms with Crippen LogP contribution in [0.15, 0.2) is 16.8 Å². The molecule has 8 heteroatoms. The molecule has 1 N–H and O–H groups in total. The third-order valence-electron chi connectivity index (χ3n) is 4.56. The van der Waals surface area contributed by atoms with Gasteiger partial charge in [-0.2, -0.15) is 16.4 Å². The van der Waals surface area contributed by atoms with Gasteiger partial charge in [0, 0.05) is 58.1 Å². The van der Waals surface area contributed by atoms with E-state index in [2.05, 4.69) is 10.4 Å². The van der Waals surface area contributed by atoms with Crippen molar-refractivity contribution in [3.63, 3.8) is 0 Å². The summed E-state index contributed by atoms with van der Waals surface area (Å²) in [5, 5.41) is 11.3. The summed E-state index contributed by atoms with van der Waals surface area (Å²) in [5.74, 6) is -0.102. The van der Waals surface area contributed by atoms with Gasteiger partial charge in [-0.05, 0) is 28.8 Å². The van der Waals surface area contributed by atoms with Crippen LogP contribution < -0.4 is 5.32 Å². The molecule has 3 rings (SSSR count). The van der Waals surface area contributed by atoms with E-state index in [0.717, 1.165) is 23.2 Å². The molecule has 0 saturated heterocycles. The van der Waals surface area contributed by atoms with Crippen LogP contribution in [0.1, 0.15) is 33.7 Å². The molecule has 2 aromatic heterocycles. The summed E-state index contributed by atoms with van der Waals surface area (Å²) in [7, 11) is 3.49. The molecule has 1 aliphatic heterocycles. The van der Waals surface area contributed by atoms with E-state index in [1.165, 1.54) is 0 Å². The summed E-state index contributed by atoms with van der Waals surface area (Å²) in [6.45, 7) is 2.24. The van der Waals surface area contributed by atoms with Gasteiger partial charge in [-0.3, -0.25) is 14.3 Å². The Morgan fingerprint density at radius 1 is 1.42 bits per heavy atom. The summed E-state index contributed by atoms with van der Waals surface area (Å²) in [4.78, 5) is 26.9. The Kier molecular flexibility index (Phi) is 6.05. The fraction of sp³-hybridized carbons (Fsp3) is 0.500. The summed E-state index contributed by atoms with van der Waals surface area (Å²) < 4.78 is 6.76. The Bertz CT molecular complexity index is 770. The molecular formula is C18H24N4O3S. The van der Waals surface area contributed by atoms with Crippen molar-refractivity contribution in [3.8, 4) is 0 Å². The first kappa shape index (κ1) is 18.6. The molecule has 0 radical (unpaired) electrons. The van der Waals surface area contributed by atoms with Gasteiger partial charge in [-0.15, -0.1) is 0 Å². The number of aromatic nitrogens is 2. The molecule has 0 aromatic carbocycles. The molecule has 0 unspecified atom stereocenters. The van der Waals surface area contributed by atoms with Crippen molar-refractivity contribution < 1.29 is 14.3 Å². The van der Waals surface area contributed by atoms with Crippen molar-refractivity contribution in [1.82, 2.24) is 20.0 Å². The molecule has 140 valence electrons. The van der Waals surface area contributed by atoms with Crippen LogP contribution in [0.4, 0.5) is 0 Å². The molecule has 1 aliphatic rings. The van der Waals surface area contributed by atoms with Crippen LogP contribution in [-0.4, -0.2) is 53.3 Å². The number of nitrogens with one attached hydrogen (secondary N) is 1.